The Morgan fingerprint density at radius 2 is 2.05 bits per heavy atom. The van der Waals surface area contributed by atoms with Crippen molar-refractivity contribution in [3.05, 3.63) is 40.8 Å². The summed E-state index contributed by atoms with van der Waals surface area (Å²) in [7, 11) is 3.15. The lowest BCUT2D eigenvalue weighted by Crippen LogP contribution is -2.25. The number of carbonyl (C=O) groups excluding carboxylic acids is 1. The Hall–Kier alpha value is -2.21. The Kier molecular flexibility index (Phi) is 4.92. The van der Waals surface area contributed by atoms with Crippen LogP contribution in [0.15, 0.2) is 24.3 Å². The molecule has 7 heteroatoms. The molecule has 0 saturated heterocycles. The quantitative estimate of drug-likeness (QED) is 0.866. The molecule has 0 fully saturated rings. The van der Waals surface area contributed by atoms with E-state index < -0.39 is 11.9 Å². The first kappa shape index (κ1) is 16.2. The summed E-state index contributed by atoms with van der Waals surface area (Å²) in [4.78, 5) is 21.5. The smallest absolute Gasteiger partial charge is 0.391 e. The average Bonchev–Trinajstić information content (AvgIpc) is 2.49. The highest BCUT2D eigenvalue weighted by Gasteiger charge is 2.13. The maximum absolute atomic E-state index is 13.3. The molecule has 0 aliphatic rings. The SMILES string of the molecule is CCc1cc(OC(=O)N(C)C)nc(-c2ccc(F)c(Cl)c2)n1. The lowest BCUT2D eigenvalue weighted by atomic mass is 10.2. The van der Waals surface area contributed by atoms with E-state index in [-0.39, 0.29) is 10.9 Å². The Labute approximate surface area is 132 Å². The molecule has 2 rings (SSSR count). The van der Waals surface area contributed by atoms with Gasteiger partial charge in [-0.1, -0.05) is 18.5 Å². The van der Waals surface area contributed by atoms with Gasteiger partial charge in [-0.25, -0.2) is 14.2 Å². The molecule has 0 bridgehead atoms. The van der Waals surface area contributed by atoms with Gasteiger partial charge in [0, 0.05) is 31.4 Å². The van der Waals surface area contributed by atoms with Gasteiger partial charge in [0.25, 0.3) is 0 Å². The Morgan fingerprint density at radius 3 is 2.64 bits per heavy atom. The van der Waals surface area contributed by atoms with Gasteiger partial charge in [0.1, 0.15) is 5.82 Å². The van der Waals surface area contributed by atoms with Gasteiger partial charge < -0.3 is 9.64 Å². The number of carbonyl (C=O) groups is 1. The third-order valence-electron chi connectivity index (χ3n) is 2.85. The number of nitrogens with zero attached hydrogens (tertiary/aromatic N) is 3. The van der Waals surface area contributed by atoms with E-state index >= 15 is 0 Å². The Morgan fingerprint density at radius 1 is 1.32 bits per heavy atom. The fourth-order valence-electron chi connectivity index (χ4n) is 1.65. The predicted octanol–water partition coefficient (Wildman–Crippen LogP) is 3.56. The van der Waals surface area contributed by atoms with Gasteiger partial charge in [0.2, 0.25) is 5.88 Å². The lowest BCUT2D eigenvalue weighted by Gasteiger charge is -2.11. The fourth-order valence-corrected chi connectivity index (χ4v) is 1.83. The Bertz CT molecular complexity index is 707. The van der Waals surface area contributed by atoms with Crippen molar-refractivity contribution in [2.45, 2.75) is 13.3 Å². The second-order valence-electron chi connectivity index (χ2n) is 4.77. The minimum absolute atomic E-state index is 0.0187. The monoisotopic (exact) mass is 323 g/mol. The van der Waals surface area contributed by atoms with Crippen LogP contribution in [0.5, 0.6) is 5.88 Å². The molecule has 1 aromatic heterocycles. The number of halogens is 2. The molecular weight excluding hydrogens is 309 g/mol. The van der Waals surface area contributed by atoms with Crippen LogP contribution in [0.2, 0.25) is 5.02 Å². The molecule has 116 valence electrons. The van der Waals surface area contributed by atoms with Crippen LogP contribution in [0.25, 0.3) is 11.4 Å². The highest BCUT2D eigenvalue weighted by Crippen LogP contribution is 2.24. The first-order valence-corrected chi connectivity index (χ1v) is 7.01. The van der Waals surface area contributed by atoms with Crippen LogP contribution in [0.3, 0.4) is 0 Å². The normalized spacial score (nSPS) is 10.4. The highest BCUT2D eigenvalue weighted by molar-refractivity contribution is 6.31. The molecule has 0 radical (unpaired) electrons. The first-order valence-electron chi connectivity index (χ1n) is 6.63. The van der Waals surface area contributed by atoms with Crippen molar-refractivity contribution in [1.82, 2.24) is 14.9 Å². The van der Waals surface area contributed by atoms with Gasteiger partial charge in [-0.2, -0.15) is 4.98 Å². The van der Waals surface area contributed by atoms with Crippen molar-refractivity contribution in [2.24, 2.45) is 0 Å². The number of benzene rings is 1. The van der Waals surface area contributed by atoms with Crippen molar-refractivity contribution in [3.63, 3.8) is 0 Å². The molecule has 0 saturated carbocycles. The minimum atomic E-state index is -0.538. The summed E-state index contributed by atoms with van der Waals surface area (Å²) in [5, 5.41) is -0.0187. The zero-order chi connectivity index (χ0) is 16.3. The van der Waals surface area contributed by atoms with Gasteiger partial charge in [-0.15, -0.1) is 0 Å². The van der Waals surface area contributed by atoms with Gasteiger partial charge in [0.15, 0.2) is 5.82 Å². The number of aromatic nitrogens is 2. The van der Waals surface area contributed by atoms with Crippen LogP contribution in [0.1, 0.15) is 12.6 Å². The molecule has 5 nitrogen and oxygen atoms in total. The average molecular weight is 324 g/mol. The van der Waals surface area contributed by atoms with Crippen molar-refractivity contribution in [2.75, 3.05) is 14.1 Å². The molecule has 1 amide bonds. The third-order valence-corrected chi connectivity index (χ3v) is 3.14. The van der Waals surface area contributed by atoms with E-state index in [0.717, 1.165) is 0 Å². The Balaban J connectivity index is 2.42. The van der Waals surface area contributed by atoms with Crippen molar-refractivity contribution < 1.29 is 13.9 Å². The van der Waals surface area contributed by atoms with Crippen LogP contribution < -0.4 is 4.74 Å². The molecule has 1 aromatic carbocycles. The molecule has 1 heterocycles. The third kappa shape index (κ3) is 3.71. The number of rotatable bonds is 3. The first-order chi connectivity index (χ1) is 10.4. The molecule has 22 heavy (non-hydrogen) atoms. The van der Waals surface area contributed by atoms with E-state index in [4.69, 9.17) is 16.3 Å². The summed E-state index contributed by atoms with van der Waals surface area (Å²) in [6.07, 6.45) is 0.0978. The number of amides is 1. The summed E-state index contributed by atoms with van der Waals surface area (Å²) in [6.45, 7) is 1.92. The van der Waals surface area contributed by atoms with Gasteiger partial charge in [-0.3, -0.25) is 0 Å². The zero-order valence-electron chi connectivity index (χ0n) is 12.4. The van der Waals surface area contributed by atoms with Crippen molar-refractivity contribution in [1.29, 1.82) is 0 Å². The molecule has 0 aliphatic carbocycles. The number of ether oxygens (including phenoxy) is 1. The van der Waals surface area contributed by atoms with Crippen molar-refractivity contribution >= 4 is 17.7 Å². The second kappa shape index (κ2) is 6.70. The van der Waals surface area contributed by atoms with E-state index in [9.17, 15) is 9.18 Å². The van der Waals surface area contributed by atoms with Crippen LogP contribution in [-0.2, 0) is 6.42 Å². The molecular formula is C15H15ClFN3O2. The van der Waals surface area contributed by atoms with Gasteiger partial charge >= 0.3 is 6.09 Å². The predicted molar refractivity (Wildman–Crippen MR) is 81.5 cm³/mol. The number of hydrogen-bond acceptors (Lipinski definition) is 4. The maximum atomic E-state index is 13.3. The number of aryl methyl sites for hydroxylation is 1. The summed E-state index contributed by atoms with van der Waals surface area (Å²) >= 11 is 5.78. The summed E-state index contributed by atoms with van der Waals surface area (Å²) in [5.41, 5.74) is 1.25. The summed E-state index contributed by atoms with van der Waals surface area (Å²) in [6, 6.07) is 5.79. The van der Waals surface area contributed by atoms with E-state index in [1.165, 1.54) is 23.1 Å². The molecule has 0 atom stereocenters. The van der Waals surface area contributed by atoms with Crippen molar-refractivity contribution in [3.8, 4) is 17.3 Å². The molecule has 2 aromatic rings. The number of hydrogen-bond donors (Lipinski definition) is 0. The second-order valence-corrected chi connectivity index (χ2v) is 5.17. The van der Waals surface area contributed by atoms with E-state index in [2.05, 4.69) is 9.97 Å². The lowest BCUT2D eigenvalue weighted by molar-refractivity contribution is 0.170. The van der Waals surface area contributed by atoms with Crippen LogP contribution in [-0.4, -0.2) is 35.1 Å². The molecule has 0 N–H and O–H groups in total. The summed E-state index contributed by atoms with van der Waals surface area (Å²) < 4.78 is 18.4. The molecule has 0 unspecified atom stereocenters. The standard InChI is InChI=1S/C15H15ClFN3O2/c1-4-10-8-13(22-15(21)20(2)3)19-14(18-10)9-5-6-12(17)11(16)7-9/h5-8H,4H2,1-3H3. The van der Waals surface area contributed by atoms with Gasteiger partial charge in [-0.05, 0) is 24.6 Å². The minimum Gasteiger partial charge on any atom is -0.391 e. The fraction of sp³-hybridized carbons (Fsp3) is 0.267. The zero-order valence-corrected chi connectivity index (χ0v) is 13.2. The topological polar surface area (TPSA) is 55.3 Å². The largest absolute Gasteiger partial charge is 0.416 e. The maximum Gasteiger partial charge on any atom is 0.416 e. The summed E-state index contributed by atoms with van der Waals surface area (Å²) in [5.74, 6) is -0.0554. The van der Waals surface area contributed by atoms with Crippen LogP contribution >= 0.6 is 11.6 Å². The van der Waals surface area contributed by atoms with E-state index in [1.807, 2.05) is 6.92 Å². The van der Waals surface area contributed by atoms with Crippen LogP contribution in [0, 0.1) is 5.82 Å². The highest BCUT2D eigenvalue weighted by atomic mass is 35.5. The molecule has 0 spiro atoms. The van der Waals surface area contributed by atoms with Gasteiger partial charge in [0.05, 0.1) is 5.02 Å². The van der Waals surface area contributed by atoms with E-state index in [0.29, 0.717) is 23.5 Å². The van der Waals surface area contributed by atoms with E-state index in [1.54, 1.807) is 20.2 Å². The van der Waals surface area contributed by atoms with Crippen LogP contribution in [0.4, 0.5) is 9.18 Å². The molecule has 0 aliphatic heterocycles.